The predicted molar refractivity (Wildman–Crippen MR) is 61.6 cm³/mol. The fourth-order valence-electron chi connectivity index (χ4n) is 1.71. The van der Waals surface area contributed by atoms with Crippen molar-refractivity contribution in [1.29, 1.82) is 0 Å². The van der Waals surface area contributed by atoms with Crippen molar-refractivity contribution in [3.63, 3.8) is 0 Å². The summed E-state index contributed by atoms with van der Waals surface area (Å²) in [5.41, 5.74) is 2.51. The molecule has 0 unspecified atom stereocenters. The van der Waals surface area contributed by atoms with Gasteiger partial charge in [-0.3, -0.25) is 9.55 Å². The van der Waals surface area contributed by atoms with E-state index in [2.05, 4.69) is 15.0 Å². The number of pyridine rings is 2. The van der Waals surface area contributed by atoms with Crippen LogP contribution < -0.4 is 5.69 Å². The summed E-state index contributed by atoms with van der Waals surface area (Å²) in [7, 11) is 1.68. The maximum atomic E-state index is 11.5. The molecule has 0 radical (unpaired) electrons. The molecule has 0 fully saturated rings. The van der Waals surface area contributed by atoms with Crippen LogP contribution in [0.25, 0.3) is 22.1 Å². The van der Waals surface area contributed by atoms with Gasteiger partial charge in [0, 0.05) is 7.05 Å². The minimum atomic E-state index is -0.189. The van der Waals surface area contributed by atoms with E-state index in [1.165, 1.54) is 4.57 Å². The highest BCUT2D eigenvalue weighted by atomic mass is 35.5. The molecule has 6 heteroatoms. The first-order chi connectivity index (χ1) is 7.66. The smallest absolute Gasteiger partial charge is 0.304 e. The maximum absolute atomic E-state index is 11.5. The van der Waals surface area contributed by atoms with E-state index in [-0.39, 0.29) is 5.69 Å². The van der Waals surface area contributed by atoms with E-state index in [1.54, 1.807) is 25.4 Å². The van der Waals surface area contributed by atoms with Gasteiger partial charge in [0.25, 0.3) is 0 Å². The normalized spacial score (nSPS) is 11.4. The second-order valence-corrected chi connectivity index (χ2v) is 3.90. The monoisotopic (exact) mass is 234 g/mol. The molecule has 0 aromatic carbocycles. The number of imidazole rings is 1. The lowest BCUT2D eigenvalue weighted by Crippen LogP contribution is -2.11. The predicted octanol–water partition coefficient (Wildman–Crippen LogP) is 1.46. The molecule has 3 rings (SSSR count). The molecule has 3 aromatic rings. The largest absolute Gasteiger partial charge is 0.326 e. The zero-order chi connectivity index (χ0) is 11.3. The number of nitrogens with zero attached hydrogens (tertiary/aromatic N) is 3. The second kappa shape index (κ2) is 3.05. The number of H-pyrrole nitrogens is 1. The van der Waals surface area contributed by atoms with Crippen molar-refractivity contribution >= 4 is 33.7 Å². The van der Waals surface area contributed by atoms with Crippen LogP contribution in [0.3, 0.4) is 0 Å². The van der Waals surface area contributed by atoms with Gasteiger partial charge in [-0.15, -0.1) is 0 Å². The summed E-state index contributed by atoms with van der Waals surface area (Å²) < 4.78 is 1.49. The molecule has 80 valence electrons. The molecule has 5 nitrogen and oxygen atoms in total. The van der Waals surface area contributed by atoms with Crippen molar-refractivity contribution in [3.8, 4) is 0 Å². The third kappa shape index (κ3) is 1.15. The lowest BCUT2D eigenvalue weighted by molar-refractivity contribution is 0.890. The highest BCUT2D eigenvalue weighted by molar-refractivity contribution is 6.30. The Bertz CT molecular complexity index is 758. The molecule has 0 spiro atoms. The fraction of sp³-hybridized carbons (Fsp3) is 0.100. The summed E-state index contributed by atoms with van der Waals surface area (Å²) in [6, 6.07) is 3.44. The van der Waals surface area contributed by atoms with Crippen LogP contribution in [-0.4, -0.2) is 19.5 Å². The Kier molecular flexibility index (Phi) is 1.79. The van der Waals surface area contributed by atoms with Gasteiger partial charge in [-0.2, -0.15) is 0 Å². The van der Waals surface area contributed by atoms with Crippen LogP contribution in [0, 0.1) is 0 Å². The summed E-state index contributed by atoms with van der Waals surface area (Å²) in [5.74, 6) is 0. The van der Waals surface area contributed by atoms with E-state index >= 15 is 0 Å². The van der Waals surface area contributed by atoms with Crippen molar-refractivity contribution in [3.05, 3.63) is 34.0 Å². The summed E-state index contributed by atoms with van der Waals surface area (Å²) in [5, 5.41) is 0.381. The minimum Gasteiger partial charge on any atom is -0.304 e. The van der Waals surface area contributed by atoms with E-state index in [1.807, 2.05) is 0 Å². The molecule has 0 aliphatic rings. The first-order valence-corrected chi connectivity index (χ1v) is 5.04. The first-order valence-electron chi connectivity index (χ1n) is 4.67. The van der Waals surface area contributed by atoms with Crippen LogP contribution >= 0.6 is 11.6 Å². The van der Waals surface area contributed by atoms with Crippen molar-refractivity contribution in [2.45, 2.75) is 0 Å². The number of aryl methyl sites for hydroxylation is 1. The molecule has 0 atom stereocenters. The Labute approximate surface area is 94.7 Å². The molecule has 3 heterocycles. The average molecular weight is 235 g/mol. The van der Waals surface area contributed by atoms with Crippen molar-refractivity contribution in [1.82, 2.24) is 19.5 Å². The summed E-state index contributed by atoms with van der Waals surface area (Å²) in [4.78, 5) is 22.6. The van der Waals surface area contributed by atoms with Crippen LogP contribution in [0.1, 0.15) is 0 Å². The van der Waals surface area contributed by atoms with Crippen LogP contribution in [-0.2, 0) is 7.05 Å². The molecular weight excluding hydrogens is 228 g/mol. The lowest BCUT2D eigenvalue weighted by atomic mass is 10.3. The van der Waals surface area contributed by atoms with Gasteiger partial charge in [-0.05, 0) is 12.1 Å². The molecule has 0 bridgehead atoms. The van der Waals surface area contributed by atoms with Crippen molar-refractivity contribution in [2.24, 2.45) is 7.05 Å². The number of nitrogens with one attached hydrogen (secondary N) is 1. The average Bonchev–Trinajstić information content (AvgIpc) is 2.56. The number of fused-ring (bicyclic) bond motifs is 3. The standard InChI is InChI=1S/C10H7ClN4O/c1-15-6-4-12-5-2-3-7(11)13-8(5)9(6)14-10(15)16/h2-4H,1H3,(H,14,16). The van der Waals surface area contributed by atoms with Crippen LogP contribution in [0.2, 0.25) is 5.15 Å². The molecule has 0 aliphatic carbocycles. The molecule has 0 aliphatic heterocycles. The Morgan fingerprint density at radius 3 is 3.06 bits per heavy atom. The Morgan fingerprint density at radius 2 is 2.25 bits per heavy atom. The van der Waals surface area contributed by atoms with Gasteiger partial charge >= 0.3 is 5.69 Å². The van der Waals surface area contributed by atoms with Gasteiger partial charge in [0.05, 0.1) is 22.7 Å². The molecule has 0 amide bonds. The van der Waals surface area contributed by atoms with Gasteiger partial charge in [-0.25, -0.2) is 9.78 Å². The maximum Gasteiger partial charge on any atom is 0.326 e. The molecule has 0 saturated heterocycles. The number of aromatic amines is 1. The van der Waals surface area contributed by atoms with Gasteiger partial charge in [-0.1, -0.05) is 11.6 Å². The van der Waals surface area contributed by atoms with E-state index in [0.29, 0.717) is 27.2 Å². The number of hydrogen-bond donors (Lipinski definition) is 1. The molecule has 3 aromatic heterocycles. The summed E-state index contributed by atoms with van der Waals surface area (Å²) in [6.07, 6.45) is 1.64. The number of aromatic nitrogens is 4. The highest BCUT2D eigenvalue weighted by Crippen LogP contribution is 2.20. The minimum absolute atomic E-state index is 0.189. The highest BCUT2D eigenvalue weighted by Gasteiger charge is 2.09. The van der Waals surface area contributed by atoms with Gasteiger partial charge < -0.3 is 4.98 Å². The third-order valence-electron chi connectivity index (χ3n) is 2.56. The van der Waals surface area contributed by atoms with Gasteiger partial charge in [0.1, 0.15) is 10.7 Å². The van der Waals surface area contributed by atoms with Crippen LogP contribution in [0.4, 0.5) is 0 Å². The number of rotatable bonds is 0. The molecule has 1 N–H and O–H groups in total. The SMILES string of the molecule is Cn1c(=O)[nH]c2c3nc(Cl)ccc3ncc21. The zero-order valence-electron chi connectivity index (χ0n) is 8.36. The first kappa shape index (κ1) is 9.35. The summed E-state index contributed by atoms with van der Waals surface area (Å²) >= 11 is 5.83. The van der Waals surface area contributed by atoms with Gasteiger partial charge in [0.15, 0.2) is 0 Å². The number of halogens is 1. The van der Waals surface area contributed by atoms with E-state index in [0.717, 1.165) is 0 Å². The molecule has 16 heavy (non-hydrogen) atoms. The second-order valence-electron chi connectivity index (χ2n) is 3.51. The Hall–Kier alpha value is -1.88. The van der Waals surface area contributed by atoms with E-state index in [4.69, 9.17) is 11.6 Å². The van der Waals surface area contributed by atoms with E-state index < -0.39 is 0 Å². The fourth-order valence-corrected chi connectivity index (χ4v) is 1.86. The van der Waals surface area contributed by atoms with Crippen molar-refractivity contribution in [2.75, 3.05) is 0 Å². The molecule has 0 saturated carbocycles. The topological polar surface area (TPSA) is 63.6 Å². The Balaban J connectivity index is 2.62. The Morgan fingerprint density at radius 1 is 1.44 bits per heavy atom. The van der Waals surface area contributed by atoms with Crippen LogP contribution in [0.5, 0.6) is 0 Å². The number of hydrogen-bond acceptors (Lipinski definition) is 3. The van der Waals surface area contributed by atoms with Gasteiger partial charge in [0.2, 0.25) is 0 Å². The summed E-state index contributed by atoms with van der Waals surface area (Å²) in [6.45, 7) is 0. The third-order valence-corrected chi connectivity index (χ3v) is 2.77. The zero-order valence-corrected chi connectivity index (χ0v) is 9.12. The van der Waals surface area contributed by atoms with Crippen molar-refractivity contribution < 1.29 is 0 Å². The lowest BCUT2D eigenvalue weighted by Gasteiger charge is -1.98. The molecular formula is C10H7ClN4O. The van der Waals surface area contributed by atoms with Crippen LogP contribution in [0.15, 0.2) is 23.1 Å². The van der Waals surface area contributed by atoms with E-state index in [9.17, 15) is 4.79 Å². The quantitative estimate of drug-likeness (QED) is 0.599.